The van der Waals surface area contributed by atoms with Crippen molar-refractivity contribution in [1.82, 2.24) is 24.3 Å². The van der Waals surface area contributed by atoms with Gasteiger partial charge in [0.1, 0.15) is 11.4 Å². The second kappa shape index (κ2) is 7.79. The number of carbonyl (C=O) groups excluding carboxylic acids is 1. The van der Waals surface area contributed by atoms with E-state index in [1.807, 2.05) is 26.0 Å². The molecule has 0 bridgehead atoms. The first-order chi connectivity index (χ1) is 15.0. The van der Waals surface area contributed by atoms with Crippen molar-refractivity contribution in [2.75, 3.05) is 13.1 Å². The lowest BCUT2D eigenvalue weighted by atomic mass is 9.87. The summed E-state index contributed by atoms with van der Waals surface area (Å²) in [7, 11) is 0. The van der Waals surface area contributed by atoms with Gasteiger partial charge in [-0.05, 0) is 65.1 Å². The molecule has 2 saturated heterocycles. The van der Waals surface area contributed by atoms with Crippen molar-refractivity contribution in [3.63, 3.8) is 0 Å². The molecule has 164 valence electrons. The van der Waals surface area contributed by atoms with Crippen LogP contribution in [0.15, 0.2) is 28.9 Å². The molecule has 0 saturated carbocycles. The predicted molar refractivity (Wildman–Crippen MR) is 118 cm³/mol. The van der Waals surface area contributed by atoms with E-state index in [0.717, 1.165) is 73.7 Å². The Balaban J connectivity index is 1.33. The molecule has 1 spiro atoms. The summed E-state index contributed by atoms with van der Waals surface area (Å²) >= 11 is 0. The van der Waals surface area contributed by atoms with Gasteiger partial charge in [-0.15, -0.1) is 0 Å². The maximum Gasteiger partial charge on any atom is 0.223 e. The third kappa shape index (κ3) is 3.55. The van der Waals surface area contributed by atoms with Gasteiger partial charge in [0.15, 0.2) is 0 Å². The highest BCUT2D eigenvalue weighted by Gasteiger charge is 2.46. The van der Waals surface area contributed by atoms with E-state index in [1.165, 1.54) is 5.69 Å². The van der Waals surface area contributed by atoms with E-state index in [1.54, 1.807) is 0 Å². The van der Waals surface area contributed by atoms with E-state index in [0.29, 0.717) is 13.0 Å². The Hall–Kier alpha value is -2.67. The Morgan fingerprint density at radius 3 is 2.74 bits per heavy atom. The topological polar surface area (TPSA) is 66.9 Å². The lowest BCUT2D eigenvalue weighted by molar-refractivity contribution is -0.132. The average Bonchev–Trinajstić information content (AvgIpc) is 3.30. The van der Waals surface area contributed by atoms with E-state index >= 15 is 0 Å². The molecule has 3 aromatic heterocycles. The number of amides is 1. The maximum atomic E-state index is 12.9. The fourth-order valence-corrected chi connectivity index (χ4v) is 5.46. The van der Waals surface area contributed by atoms with Gasteiger partial charge in [0, 0.05) is 42.5 Å². The second-order valence-corrected chi connectivity index (χ2v) is 9.21. The van der Waals surface area contributed by atoms with Crippen molar-refractivity contribution in [3.8, 4) is 0 Å². The predicted octanol–water partition coefficient (Wildman–Crippen LogP) is 3.79. The van der Waals surface area contributed by atoms with E-state index in [-0.39, 0.29) is 11.4 Å². The lowest BCUT2D eigenvalue weighted by Gasteiger charge is -2.38. The molecule has 1 amide bonds. The Labute approximate surface area is 183 Å². The summed E-state index contributed by atoms with van der Waals surface area (Å²) in [6.07, 6.45) is 6.84. The molecule has 31 heavy (non-hydrogen) atoms. The summed E-state index contributed by atoms with van der Waals surface area (Å²) in [6.45, 7) is 9.56. The number of likely N-dealkylation sites (tertiary alicyclic amines) is 2. The number of hydrogen-bond acceptors (Lipinski definition) is 5. The fourth-order valence-electron chi connectivity index (χ4n) is 5.46. The van der Waals surface area contributed by atoms with Gasteiger partial charge in [0.2, 0.25) is 5.91 Å². The summed E-state index contributed by atoms with van der Waals surface area (Å²) in [4.78, 5) is 22.4. The van der Waals surface area contributed by atoms with Crippen LogP contribution < -0.4 is 0 Å². The zero-order chi connectivity index (χ0) is 21.6. The lowest BCUT2D eigenvalue weighted by Crippen LogP contribution is -2.46. The first kappa shape index (κ1) is 20.2. The second-order valence-electron chi connectivity index (χ2n) is 9.21. The minimum absolute atomic E-state index is 0.0457. The Kier molecular flexibility index (Phi) is 5.08. The summed E-state index contributed by atoms with van der Waals surface area (Å²) < 4.78 is 7.52. The van der Waals surface area contributed by atoms with Gasteiger partial charge in [-0.2, -0.15) is 0 Å². The zero-order valence-corrected chi connectivity index (χ0v) is 18.7. The van der Waals surface area contributed by atoms with E-state index in [4.69, 9.17) is 9.51 Å². The molecule has 0 N–H and O–H groups in total. The standard InChI is InChI=1S/C24H31N5O2/c1-17-20(19(3)31-26-17)15-29-23(30)8-10-24(29)9-6-12-27(14-11-24)16-21-18(2)28-13-5-4-7-22(28)25-21/h4-5,7,13H,6,8-12,14-16H2,1-3H3/t24-/m0/s1. The molecule has 0 radical (unpaired) electrons. The number of aromatic nitrogens is 3. The SMILES string of the molecule is Cc1noc(C)c1CN1C(=O)CC[C@]12CCCN(Cc1nc3ccccn3c1C)CC2. The van der Waals surface area contributed by atoms with Gasteiger partial charge in [0.05, 0.1) is 17.9 Å². The summed E-state index contributed by atoms with van der Waals surface area (Å²) in [5.41, 5.74) is 5.29. The number of nitrogens with zero attached hydrogens (tertiary/aromatic N) is 5. The first-order valence-corrected chi connectivity index (χ1v) is 11.3. The number of fused-ring (bicyclic) bond motifs is 1. The van der Waals surface area contributed by atoms with Gasteiger partial charge in [-0.3, -0.25) is 9.69 Å². The van der Waals surface area contributed by atoms with Crippen molar-refractivity contribution in [1.29, 1.82) is 0 Å². The van der Waals surface area contributed by atoms with Gasteiger partial charge < -0.3 is 13.8 Å². The van der Waals surface area contributed by atoms with Gasteiger partial charge in [-0.1, -0.05) is 11.2 Å². The molecule has 5 rings (SSSR count). The van der Waals surface area contributed by atoms with E-state index in [9.17, 15) is 4.79 Å². The quantitative estimate of drug-likeness (QED) is 0.641. The van der Waals surface area contributed by atoms with Crippen molar-refractivity contribution < 1.29 is 9.32 Å². The molecule has 5 heterocycles. The van der Waals surface area contributed by atoms with Crippen LogP contribution in [-0.4, -0.2) is 48.9 Å². The molecule has 7 heteroatoms. The number of hydrogen-bond donors (Lipinski definition) is 0. The Morgan fingerprint density at radius 2 is 1.97 bits per heavy atom. The smallest absolute Gasteiger partial charge is 0.223 e. The minimum atomic E-state index is -0.0457. The molecule has 0 aromatic carbocycles. The molecule has 1 atom stereocenters. The fraction of sp³-hybridized carbons (Fsp3) is 0.542. The van der Waals surface area contributed by atoms with Gasteiger partial charge in [0.25, 0.3) is 0 Å². The van der Waals surface area contributed by atoms with Crippen LogP contribution in [0.1, 0.15) is 60.5 Å². The largest absolute Gasteiger partial charge is 0.361 e. The molecule has 7 nitrogen and oxygen atoms in total. The highest BCUT2D eigenvalue weighted by atomic mass is 16.5. The molecule has 0 unspecified atom stereocenters. The normalized spacial score (nSPS) is 22.7. The highest BCUT2D eigenvalue weighted by Crippen LogP contribution is 2.40. The third-order valence-corrected chi connectivity index (χ3v) is 7.43. The van der Waals surface area contributed by atoms with Crippen molar-refractivity contribution >= 4 is 11.6 Å². The van der Waals surface area contributed by atoms with Gasteiger partial charge >= 0.3 is 0 Å². The van der Waals surface area contributed by atoms with Crippen LogP contribution in [0.2, 0.25) is 0 Å². The van der Waals surface area contributed by atoms with Crippen molar-refractivity contribution in [2.45, 2.75) is 71.5 Å². The van der Waals surface area contributed by atoms with Crippen LogP contribution >= 0.6 is 0 Å². The average molecular weight is 422 g/mol. The summed E-state index contributed by atoms with van der Waals surface area (Å²) in [5, 5.41) is 4.09. The maximum absolute atomic E-state index is 12.9. The van der Waals surface area contributed by atoms with E-state index in [2.05, 4.69) is 38.5 Å². The van der Waals surface area contributed by atoms with Crippen LogP contribution in [0.5, 0.6) is 0 Å². The number of rotatable bonds is 4. The van der Waals surface area contributed by atoms with Crippen molar-refractivity contribution in [3.05, 3.63) is 52.8 Å². The first-order valence-electron chi connectivity index (χ1n) is 11.3. The summed E-state index contributed by atoms with van der Waals surface area (Å²) in [6, 6.07) is 6.14. The molecule has 2 aliphatic rings. The number of carbonyl (C=O) groups is 1. The number of imidazole rings is 1. The number of aryl methyl sites for hydroxylation is 3. The third-order valence-electron chi connectivity index (χ3n) is 7.43. The van der Waals surface area contributed by atoms with Crippen LogP contribution in [0, 0.1) is 20.8 Å². The molecule has 3 aromatic rings. The zero-order valence-electron chi connectivity index (χ0n) is 18.7. The van der Waals surface area contributed by atoms with Crippen LogP contribution in [0.4, 0.5) is 0 Å². The van der Waals surface area contributed by atoms with Crippen molar-refractivity contribution in [2.24, 2.45) is 0 Å². The highest BCUT2D eigenvalue weighted by molar-refractivity contribution is 5.79. The summed E-state index contributed by atoms with van der Waals surface area (Å²) in [5.74, 6) is 1.09. The van der Waals surface area contributed by atoms with Crippen LogP contribution in [0.25, 0.3) is 5.65 Å². The molecular formula is C24H31N5O2. The Morgan fingerprint density at radius 1 is 1.10 bits per heavy atom. The Bertz CT molecular complexity index is 1100. The monoisotopic (exact) mass is 421 g/mol. The van der Waals surface area contributed by atoms with E-state index < -0.39 is 0 Å². The molecule has 0 aliphatic carbocycles. The molecule has 2 fully saturated rings. The number of pyridine rings is 1. The minimum Gasteiger partial charge on any atom is -0.361 e. The molecular weight excluding hydrogens is 390 g/mol. The van der Waals surface area contributed by atoms with Crippen LogP contribution in [-0.2, 0) is 17.9 Å². The molecule has 2 aliphatic heterocycles. The van der Waals surface area contributed by atoms with Crippen LogP contribution in [0.3, 0.4) is 0 Å². The van der Waals surface area contributed by atoms with Gasteiger partial charge in [-0.25, -0.2) is 4.98 Å².